The SMILES string of the molecule is COc1ccc(CCNC(=S)Nc2cc(C(F)(F)F)cc(C(F)(F)F)c2)cc1OC. The standard InChI is InChI=1S/C19H18F6N2O2S/c1-28-15-4-3-11(7-16(15)29-2)5-6-26-17(30)27-14-9-12(18(20,21)22)8-13(10-14)19(23,24)25/h3-4,7-10H,5-6H2,1-2H3,(H2,26,27,30). The number of thiocarbonyl (C=S) groups is 1. The normalized spacial score (nSPS) is 11.7. The number of nitrogens with one attached hydrogen (secondary N) is 2. The minimum atomic E-state index is -4.93. The molecule has 0 heterocycles. The molecular formula is C19H18F6N2O2S. The van der Waals surface area contributed by atoms with Gasteiger partial charge in [-0.15, -0.1) is 0 Å². The first-order valence-corrected chi connectivity index (χ1v) is 8.90. The van der Waals surface area contributed by atoms with E-state index in [1.54, 1.807) is 18.2 Å². The molecule has 2 N–H and O–H groups in total. The van der Waals surface area contributed by atoms with Crippen LogP contribution in [0.15, 0.2) is 36.4 Å². The number of rotatable bonds is 6. The van der Waals surface area contributed by atoms with Crippen LogP contribution in [-0.2, 0) is 18.8 Å². The van der Waals surface area contributed by atoms with Crippen molar-refractivity contribution in [3.63, 3.8) is 0 Å². The van der Waals surface area contributed by atoms with Crippen LogP contribution in [0.4, 0.5) is 32.0 Å². The molecule has 0 aliphatic rings. The molecule has 0 fully saturated rings. The van der Waals surface area contributed by atoms with Crippen molar-refractivity contribution in [3.8, 4) is 11.5 Å². The van der Waals surface area contributed by atoms with Gasteiger partial charge >= 0.3 is 12.4 Å². The van der Waals surface area contributed by atoms with Crippen LogP contribution in [0.3, 0.4) is 0 Å². The zero-order valence-corrected chi connectivity index (χ0v) is 16.7. The zero-order valence-electron chi connectivity index (χ0n) is 15.9. The van der Waals surface area contributed by atoms with Gasteiger partial charge in [-0.05, 0) is 54.5 Å². The van der Waals surface area contributed by atoms with Crippen LogP contribution in [0, 0.1) is 0 Å². The molecule has 0 amide bonds. The maximum absolute atomic E-state index is 12.9. The van der Waals surface area contributed by atoms with E-state index >= 15 is 0 Å². The second kappa shape index (κ2) is 9.41. The van der Waals surface area contributed by atoms with Gasteiger partial charge in [0.2, 0.25) is 0 Å². The van der Waals surface area contributed by atoms with E-state index in [0.717, 1.165) is 5.56 Å². The van der Waals surface area contributed by atoms with E-state index in [4.69, 9.17) is 21.7 Å². The van der Waals surface area contributed by atoms with Crippen LogP contribution in [0.25, 0.3) is 0 Å². The van der Waals surface area contributed by atoms with Crippen molar-refractivity contribution in [2.45, 2.75) is 18.8 Å². The van der Waals surface area contributed by atoms with Gasteiger partial charge in [0.15, 0.2) is 16.6 Å². The molecule has 0 bridgehead atoms. The summed E-state index contributed by atoms with van der Waals surface area (Å²) in [4.78, 5) is 0. The molecular weight excluding hydrogens is 434 g/mol. The van der Waals surface area contributed by atoms with E-state index in [9.17, 15) is 26.3 Å². The molecule has 0 spiro atoms. The highest BCUT2D eigenvalue weighted by molar-refractivity contribution is 7.80. The van der Waals surface area contributed by atoms with Crippen molar-refractivity contribution in [1.82, 2.24) is 5.32 Å². The van der Waals surface area contributed by atoms with Crippen LogP contribution in [0.2, 0.25) is 0 Å². The third-order valence-corrected chi connectivity index (χ3v) is 4.24. The number of benzene rings is 2. The van der Waals surface area contributed by atoms with Crippen molar-refractivity contribution >= 4 is 23.0 Å². The van der Waals surface area contributed by atoms with Gasteiger partial charge in [0.05, 0.1) is 25.3 Å². The molecule has 0 aromatic heterocycles. The zero-order chi connectivity index (χ0) is 22.5. The maximum Gasteiger partial charge on any atom is 0.416 e. The second-order valence-electron chi connectivity index (χ2n) is 6.11. The second-order valence-corrected chi connectivity index (χ2v) is 6.52. The van der Waals surface area contributed by atoms with Crippen LogP contribution < -0.4 is 20.1 Å². The Kier molecular flexibility index (Phi) is 7.40. The number of halogens is 6. The minimum absolute atomic E-state index is 0.0543. The molecule has 2 rings (SSSR count). The summed E-state index contributed by atoms with van der Waals surface area (Å²) in [5, 5.41) is 5.01. The predicted octanol–water partition coefficient (Wildman–Crippen LogP) is 5.27. The molecule has 0 radical (unpaired) electrons. The highest BCUT2D eigenvalue weighted by atomic mass is 32.1. The molecule has 2 aromatic carbocycles. The van der Waals surface area contributed by atoms with Gasteiger partial charge in [-0.2, -0.15) is 26.3 Å². The summed E-state index contributed by atoms with van der Waals surface area (Å²) in [6.07, 6.45) is -9.39. The average molecular weight is 452 g/mol. The quantitative estimate of drug-likeness (QED) is 0.462. The fraction of sp³-hybridized carbons (Fsp3) is 0.316. The topological polar surface area (TPSA) is 42.5 Å². The lowest BCUT2D eigenvalue weighted by Crippen LogP contribution is -2.30. The Labute approximate surface area is 174 Å². The average Bonchev–Trinajstić information content (AvgIpc) is 2.66. The van der Waals surface area contributed by atoms with Gasteiger partial charge in [-0.1, -0.05) is 6.07 Å². The van der Waals surface area contributed by atoms with E-state index in [1.165, 1.54) is 14.2 Å². The highest BCUT2D eigenvalue weighted by Crippen LogP contribution is 2.37. The third-order valence-electron chi connectivity index (χ3n) is 3.99. The number of hydrogen-bond acceptors (Lipinski definition) is 3. The molecule has 2 aromatic rings. The number of alkyl halides is 6. The van der Waals surface area contributed by atoms with Crippen LogP contribution in [-0.4, -0.2) is 25.9 Å². The molecule has 4 nitrogen and oxygen atoms in total. The molecule has 11 heteroatoms. The van der Waals surface area contributed by atoms with Gasteiger partial charge in [0, 0.05) is 12.2 Å². The van der Waals surface area contributed by atoms with Crippen molar-refractivity contribution in [1.29, 1.82) is 0 Å². The van der Waals surface area contributed by atoms with Gasteiger partial charge < -0.3 is 20.1 Å². The fourth-order valence-electron chi connectivity index (χ4n) is 2.56. The first kappa shape index (κ1) is 23.6. The van der Waals surface area contributed by atoms with E-state index in [-0.39, 0.29) is 17.7 Å². The summed E-state index contributed by atoms with van der Waals surface area (Å²) in [6.45, 7) is 0.284. The molecule has 30 heavy (non-hydrogen) atoms. The summed E-state index contributed by atoms with van der Waals surface area (Å²) in [5.41, 5.74) is -2.40. The Balaban J connectivity index is 2.04. The highest BCUT2D eigenvalue weighted by Gasteiger charge is 2.37. The number of hydrogen-bond donors (Lipinski definition) is 2. The smallest absolute Gasteiger partial charge is 0.416 e. The van der Waals surface area contributed by atoms with Crippen molar-refractivity contribution < 1.29 is 35.8 Å². The third kappa shape index (κ3) is 6.41. The Hall–Kier alpha value is -2.69. The van der Waals surface area contributed by atoms with Crippen LogP contribution in [0.1, 0.15) is 16.7 Å². The lowest BCUT2D eigenvalue weighted by molar-refractivity contribution is -0.143. The number of anilines is 1. The molecule has 164 valence electrons. The van der Waals surface area contributed by atoms with E-state index in [2.05, 4.69) is 10.6 Å². The Morgan fingerprint density at radius 3 is 1.93 bits per heavy atom. The molecule has 0 aliphatic heterocycles. The number of methoxy groups -OCH3 is 2. The van der Waals surface area contributed by atoms with Gasteiger partial charge in [-0.3, -0.25) is 0 Å². The van der Waals surface area contributed by atoms with Crippen molar-refractivity contribution in [3.05, 3.63) is 53.1 Å². The molecule has 0 saturated carbocycles. The lowest BCUT2D eigenvalue weighted by atomic mass is 10.1. The van der Waals surface area contributed by atoms with Crippen molar-refractivity contribution in [2.75, 3.05) is 26.1 Å². The molecule has 0 aliphatic carbocycles. The van der Waals surface area contributed by atoms with E-state index in [0.29, 0.717) is 30.1 Å². The van der Waals surface area contributed by atoms with Gasteiger partial charge in [0.25, 0.3) is 0 Å². The Morgan fingerprint density at radius 2 is 1.43 bits per heavy atom. The Morgan fingerprint density at radius 1 is 0.867 bits per heavy atom. The summed E-state index contributed by atoms with van der Waals surface area (Å²) < 4.78 is 87.8. The maximum atomic E-state index is 12.9. The van der Waals surface area contributed by atoms with Crippen molar-refractivity contribution in [2.24, 2.45) is 0 Å². The largest absolute Gasteiger partial charge is 0.493 e. The van der Waals surface area contributed by atoms with Crippen LogP contribution in [0.5, 0.6) is 11.5 Å². The summed E-state index contributed by atoms with van der Waals surface area (Å²) in [6, 6.07) is 6.45. The lowest BCUT2D eigenvalue weighted by Gasteiger charge is -2.16. The summed E-state index contributed by atoms with van der Waals surface area (Å²) in [5.74, 6) is 1.08. The molecule has 0 saturated heterocycles. The van der Waals surface area contributed by atoms with Crippen LogP contribution >= 0.6 is 12.2 Å². The van der Waals surface area contributed by atoms with E-state index < -0.39 is 29.2 Å². The summed E-state index contributed by atoms with van der Waals surface area (Å²) >= 11 is 4.98. The van der Waals surface area contributed by atoms with Gasteiger partial charge in [0.1, 0.15) is 0 Å². The number of ether oxygens (including phenoxy) is 2. The first-order chi connectivity index (χ1) is 13.9. The first-order valence-electron chi connectivity index (χ1n) is 8.49. The van der Waals surface area contributed by atoms with Gasteiger partial charge in [-0.25, -0.2) is 0 Å². The summed E-state index contributed by atoms with van der Waals surface area (Å²) in [7, 11) is 2.99. The monoisotopic (exact) mass is 452 g/mol. The van der Waals surface area contributed by atoms with E-state index in [1.807, 2.05) is 0 Å². The fourth-order valence-corrected chi connectivity index (χ4v) is 2.78. The molecule has 0 atom stereocenters. The molecule has 0 unspecified atom stereocenters. The Bertz CT molecular complexity index is 867. The minimum Gasteiger partial charge on any atom is -0.493 e. The predicted molar refractivity (Wildman–Crippen MR) is 104 cm³/mol.